The molecule has 0 saturated carbocycles. The van der Waals surface area contributed by atoms with E-state index in [4.69, 9.17) is 15.3 Å². The van der Waals surface area contributed by atoms with Gasteiger partial charge in [-0.25, -0.2) is 18.0 Å². The van der Waals surface area contributed by atoms with Crippen LogP contribution in [0.15, 0.2) is 70.3 Å². The summed E-state index contributed by atoms with van der Waals surface area (Å²) in [7, 11) is -1.41. The van der Waals surface area contributed by atoms with E-state index >= 15 is 0 Å². The van der Waals surface area contributed by atoms with E-state index in [1.54, 1.807) is 18.2 Å². The van der Waals surface area contributed by atoms with Crippen LogP contribution in [0.5, 0.6) is 5.75 Å². The highest BCUT2D eigenvalue weighted by molar-refractivity contribution is 9.10. The van der Waals surface area contributed by atoms with Gasteiger partial charge in [0.05, 0.1) is 12.9 Å². The van der Waals surface area contributed by atoms with Gasteiger partial charge < -0.3 is 15.8 Å². The third kappa shape index (κ3) is 6.67. The van der Waals surface area contributed by atoms with Crippen LogP contribution in [0.2, 0.25) is 0 Å². The minimum Gasteiger partial charge on any atom is -0.496 e. The molecule has 0 saturated heterocycles. The van der Waals surface area contributed by atoms with Crippen LogP contribution in [0, 0.1) is 10.6 Å². The molecular formula is C20H21BrF2N4O2S. The standard InChI is InChI=1S/C20H21BrF2N4O2S/c1-12(26-16-7-13(6-14(21)8-16)11-30(3,25)28)27-20(18(23)10-24)17-5-4-15(22)9-19(17)29-2/h4-10,25-26H,1,11,24H2,2-3H3/b18-10+,27-20-. The summed E-state index contributed by atoms with van der Waals surface area (Å²) in [5, 5.41) is 2.92. The molecule has 0 bridgehead atoms. The summed E-state index contributed by atoms with van der Waals surface area (Å²) < 4.78 is 53.2. The molecule has 0 radical (unpaired) electrons. The average Bonchev–Trinajstić information content (AvgIpc) is 2.63. The Morgan fingerprint density at radius 1 is 1.40 bits per heavy atom. The van der Waals surface area contributed by atoms with E-state index in [2.05, 4.69) is 32.8 Å². The second-order valence-electron chi connectivity index (χ2n) is 6.39. The Balaban J connectivity index is 2.41. The normalized spacial score (nSPS) is 14.2. The topological polar surface area (TPSA) is 101 Å². The molecule has 1 unspecified atom stereocenters. The van der Waals surface area contributed by atoms with Crippen molar-refractivity contribution in [2.75, 3.05) is 18.7 Å². The van der Waals surface area contributed by atoms with E-state index in [0.717, 1.165) is 18.3 Å². The monoisotopic (exact) mass is 498 g/mol. The Morgan fingerprint density at radius 3 is 2.70 bits per heavy atom. The highest BCUT2D eigenvalue weighted by Crippen LogP contribution is 2.26. The van der Waals surface area contributed by atoms with Gasteiger partial charge in [0.15, 0.2) is 5.83 Å². The minimum atomic E-state index is -2.73. The van der Waals surface area contributed by atoms with Crippen LogP contribution in [0.25, 0.3) is 0 Å². The van der Waals surface area contributed by atoms with Crippen LogP contribution in [0.4, 0.5) is 14.5 Å². The fraction of sp³-hybridized carbons (Fsp3) is 0.150. The summed E-state index contributed by atoms with van der Waals surface area (Å²) in [4.78, 5) is 4.16. The molecule has 0 spiro atoms. The van der Waals surface area contributed by atoms with Crippen molar-refractivity contribution in [1.29, 1.82) is 4.78 Å². The number of aliphatic imine (C=N–C) groups is 1. The maximum Gasteiger partial charge on any atom is 0.165 e. The highest BCUT2D eigenvalue weighted by atomic mass is 79.9. The smallest absolute Gasteiger partial charge is 0.165 e. The number of hydrogen-bond donors (Lipinski definition) is 3. The van der Waals surface area contributed by atoms with Crippen LogP contribution in [0.1, 0.15) is 11.1 Å². The first-order valence-electron chi connectivity index (χ1n) is 8.49. The van der Waals surface area contributed by atoms with Crippen LogP contribution >= 0.6 is 15.9 Å². The van der Waals surface area contributed by atoms with Crippen molar-refractivity contribution in [3.05, 3.63) is 82.2 Å². The molecule has 0 amide bonds. The number of ether oxygens (including phenoxy) is 1. The lowest BCUT2D eigenvalue weighted by Crippen LogP contribution is -2.09. The number of nitrogens with one attached hydrogen (secondary N) is 2. The third-order valence-corrected chi connectivity index (χ3v) is 5.07. The lowest BCUT2D eigenvalue weighted by atomic mass is 10.1. The Morgan fingerprint density at radius 2 is 2.10 bits per heavy atom. The predicted molar refractivity (Wildman–Crippen MR) is 120 cm³/mol. The van der Waals surface area contributed by atoms with Gasteiger partial charge in [0.1, 0.15) is 23.1 Å². The van der Waals surface area contributed by atoms with Gasteiger partial charge in [-0.05, 0) is 35.9 Å². The van der Waals surface area contributed by atoms with Gasteiger partial charge in [-0.1, -0.05) is 22.5 Å². The zero-order valence-electron chi connectivity index (χ0n) is 16.3. The zero-order chi connectivity index (χ0) is 22.5. The number of allylic oxidation sites excluding steroid dienone is 1. The molecule has 1 atom stereocenters. The number of methoxy groups -OCH3 is 1. The first-order chi connectivity index (χ1) is 14.0. The molecule has 2 rings (SSSR count). The molecule has 6 nitrogen and oxygen atoms in total. The molecule has 0 aromatic heterocycles. The lowest BCUT2D eigenvalue weighted by molar-refractivity contribution is 0.410. The predicted octanol–water partition coefficient (Wildman–Crippen LogP) is 4.92. The minimum absolute atomic E-state index is 0.0689. The van der Waals surface area contributed by atoms with Crippen molar-refractivity contribution in [3.8, 4) is 5.75 Å². The molecule has 2 aromatic carbocycles. The van der Waals surface area contributed by atoms with Gasteiger partial charge in [0.2, 0.25) is 0 Å². The molecule has 30 heavy (non-hydrogen) atoms. The number of benzene rings is 2. The van der Waals surface area contributed by atoms with Gasteiger partial charge in [-0.3, -0.25) is 4.78 Å². The van der Waals surface area contributed by atoms with Gasteiger partial charge >= 0.3 is 0 Å². The quantitative estimate of drug-likeness (QED) is 0.449. The molecule has 4 N–H and O–H groups in total. The number of anilines is 1. The van der Waals surface area contributed by atoms with E-state index in [1.165, 1.54) is 19.4 Å². The number of nitrogens with zero attached hydrogens (tertiary/aromatic N) is 1. The molecule has 160 valence electrons. The second-order valence-corrected chi connectivity index (χ2v) is 9.60. The Bertz CT molecular complexity index is 1130. The molecule has 0 aliphatic heterocycles. The number of halogens is 3. The summed E-state index contributed by atoms with van der Waals surface area (Å²) in [5.41, 5.74) is 6.53. The zero-order valence-corrected chi connectivity index (χ0v) is 18.7. The van der Waals surface area contributed by atoms with Gasteiger partial charge in [-0.2, -0.15) is 0 Å². The Labute approximate surface area is 182 Å². The van der Waals surface area contributed by atoms with Crippen molar-refractivity contribution in [1.82, 2.24) is 0 Å². The average molecular weight is 499 g/mol. The van der Waals surface area contributed by atoms with E-state index in [0.29, 0.717) is 15.7 Å². The number of rotatable bonds is 8. The van der Waals surface area contributed by atoms with Crippen molar-refractivity contribution < 1.29 is 17.7 Å². The van der Waals surface area contributed by atoms with E-state index in [1.807, 2.05) is 0 Å². The summed E-state index contributed by atoms with van der Waals surface area (Å²) in [6.45, 7) is 3.78. The van der Waals surface area contributed by atoms with Crippen molar-refractivity contribution in [3.63, 3.8) is 0 Å². The maximum atomic E-state index is 14.4. The van der Waals surface area contributed by atoms with Gasteiger partial charge in [0.25, 0.3) is 0 Å². The molecular weight excluding hydrogens is 478 g/mol. The van der Waals surface area contributed by atoms with Crippen LogP contribution in [0.3, 0.4) is 0 Å². The van der Waals surface area contributed by atoms with Crippen molar-refractivity contribution in [2.45, 2.75) is 5.75 Å². The lowest BCUT2D eigenvalue weighted by Gasteiger charge is -2.13. The van der Waals surface area contributed by atoms with E-state index < -0.39 is 21.4 Å². The molecule has 0 heterocycles. The first kappa shape index (κ1) is 23.6. The Kier molecular flexibility index (Phi) is 7.74. The van der Waals surface area contributed by atoms with Crippen molar-refractivity contribution >= 4 is 37.1 Å². The van der Waals surface area contributed by atoms with E-state index in [9.17, 15) is 13.0 Å². The molecule has 0 aliphatic rings. The largest absolute Gasteiger partial charge is 0.496 e. The molecule has 10 heteroatoms. The maximum absolute atomic E-state index is 14.4. The summed E-state index contributed by atoms with van der Waals surface area (Å²) >= 11 is 3.36. The van der Waals surface area contributed by atoms with Crippen LogP contribution in [-0.2, 0) is 15.5 Å². The van der Waals surface area contributed by atoms with Gasteiger partial charge in [0, 0.05) is 44.0 Å². The number of nitrogens with two attached hydrogens (primary N) is 1. The fourth-order valence-electron chi connectivity index (χ4n) is 2.64. The molecule has 0 aliphatic carbocycles. The summed E-state index contributed by atoms with van der Waals surface area (Å²) in [6, 6.07) is 8.74. The van der Waals surface area contributed by atoms with E-state index in [-0.39, 0.29) is 28.6 Å². The van der Waals surface area contributed by atoms with Crippen molar-refractivity contribution in [2.24, 2.45) is 10.7 Å². The fourth-order valence-corrected chi connectivity index (χ4v) is 3.98. The van der Waals surface area contributed by atoms with Crippen LogP contribution in [-0.4, -0.2) is 23.3 Å². The van der Waals surface area contributed by atoms with Crippen LogP contribution < -0.4 is 15.8 Å². The molecule has 0 fully saturated rings. The SMILES string of the molecule is C=C(/N=C(\C(F)=C/N)c1ccc(F)cc1OC)Nc1cc(Br)cc(CS(C)(=N)=O)c1. The Hall–Kier alpha value is -2.72. The highest BCUT2D eigenvalue weighted by Gasteiger charge is 2.16. The first-order valence-corrected chi connectivity index (χ1v) is 11.4. The summed E-state index contributed by atoms with van der Waals surface area (Å²) in [5.74, 6) is -1.18. The number of hydrogen-bond acceptors (Lipinski definition) is 6. The molecule has 2 aromatic rings. The third-order valence-electron chi connectivity index (χ3n) is 3.73. The summed E-state index contributed by atoms with van der Waals surface area (Å²) in [6.07, 6.45) is 2.09. The van der Waals surface area contributed by atoms with Gasteiger partial charge in [-0.15, -0.1) is 0 Å². The second kappa shape index (κ2) is 9.86.